The Labute approximate surface area is 194 Å². The SMILES string of the molecule is CC(C)NCCN(CCCSCC(=O)C(C)(C)C)C(=O)CCSCCNC(C)(C)C. The summed E-state index contributed by atoms with van der Waals surface area (Å²) in [6.45, 7) is 20.0. The zero-order valence-corrected chi connectivity index (χ0v) is 22.4. The fraction of sp³-hybridized carbons (Fsp3) is 0.913. The average Bonchev–Trinajstić information content (AvgIpc) is 2.60. The number of nitrogens with one attached hydrogen (secondary N) is 2. The Morgan fingerprint density at radius 1 is 0.900 bits per heavy atom. The van der Waals surface area contributed by atoms with Crippen LogP contribution in [-0.4, -0.2) is 77.4 Å². The maximum Gasteiger partial charge on any atom is 0.223 e. The lowest BCUT2D eigenvalue weighted by atomic mass is 9.92. The molecule has 0 saturated heterocycles. The second kappa shape index (κ2) is 15.5. The molecule has 0 bridgehead atoms. The van der Waals surface area contributed by atoms with E-state index in [9.17, 15) is 9.59 Å². The fourth-order valence-corrected chi connectivity index (χ4v) is 4.37. The molecule has 0 fully saturated rings. The lowest BCUT2D eigenvalue weighted by Crippen LogP contribution is -2.39. The number of ketones is 1. The summed E-state index contributed by atoms with van der Waals surface area (Å²) in [6, 6.07) is 0.423. The van der Waals surface area contributed by atoms with E-state index in [2.05, 4.69) is 45.3 Å². The molecule has 0 aromatic carbocycles. The highest BCUT2D eigenvalue weighted by molar-refractivity contribution is 8.00. The van der Waals surface area contributed by atoms with Crippen LogP contribution in [0.1, 0.15) is 68.2 Å². The Bertz CT molecular complexity index is 486. The Hall–Kier alpha value is -0.240. The Balaban J connectivity index is 4.24. The molecule has 0 aromatic rings. The third kappa shape index (κ3) is 17.4. The molecule has 1 amide bonds. The summed E-state index contributed by atoms with van der Waals surface area (Å²) >= 11 is 3.52. The van der Waals surface area contributed by atoms with Crippen molar-refractivity contribution in [2.75, 3.05) is 49.2 Å². The summed E-state index contributed by atoms with van der Waals surface area (Å²) in [7, 11) is 0. The molecular weight excluding hydrogens is 414 g/mol. The maximum absolute atomic E-state index is 12.7. The maximum atomic E-state index is 12.7. The van der Waals surface area contributed by atoms with Crippen LogP contribution in [0.15, 0.2) is 0 Å². The van der Waals surface area contributed by atoms with Crippen LogP contribution in [0.5, 0.6) is 0 Å². The number of hydrogen-bond acceptors (Lipinski definition) is 6. The van der Waals surface area contributed by atoms with Crippen LogP contribution in [-0.2, 0) is 9.59 Å². The van der Waals surface area contributed by atoms with Gasteiger partial charge in [-0.3, -0.25) is 9.59 Å². The molecule has 0 aliphatic rings. The zero-order chi connectivity index (χ0) is 23.2. The molecule has 0 aliphatic heterocycles. The van der Waals surface area contributed by atoms with Gasteiger partial charge in [-0.2, -0.15) is 23.5 Å². The van der Waals surface area contributed by atoms with Crippen LogP contribution < -0.4 is 10.6 Å². The van der Waals surface area contributed by atoms with Crippen molar-refractivity contribution < 1.29 is 9.59 Å². The molecule has 0 aromatic heterocycles. The van der Waals surface area contributed by atoms with Crippen LogP contribution in [0.4, 0.5) is 0 Å². The number of rotatable bonds is 16. The third-order valence-corrected chi connectivity index (χ3v) is 6.46. The Morgan fingerprint density at radius 3 is 2.13 bits per heavy atom. The molecule has 0 heterocycles. The van der Waals surface area contributed by atoms with Gasteiger partial charge in [-0.1, -0.05) is 34.6 Å². The van der Waals surface area contributed by atoms with Crippen molar-refractivity contribution in [2.24, 2.45) is 5.41 Å². The smallest absolute Gasteiger partial charge is 0.223 e. The average molecular weight is 462 g/mol. The van der Waals surface area contributed by atoms with Crippen molar-refractivity contribution in [3.63, 3.8) is 0 Å². The number of amides is 1. The standard InChI is InChI=1S/C23H47N3O2S2/c1-19(2)24-11-14-26(13-9-15-30-18-20(27)22(3,4)5)21(28)10-16-29-17-12-25-23(6,7)8/h19,24-25H,9-18H2,1-8H3. The minimum Gasteiger partial charge on any atom is -0.341 e. The molecule has 7 heteroatoms. The first-order chi connectivity index (χ1) is 13.8. The molecule has 0 saturated carbocycles. The van der Waals surface area contributed by atoms with Crippen LogP contribution in [0.2, 0.25) is 0 Å². The van der Waals surface area contributed by atoms with E-state index in [-0.39, 0.29) is 16.9 Å². The van der Waals surface area contributed by atoms with Crippen LogP contribution in [0.3, 0.4) is 0 Å². The van der Waals surface area contributed by atoms with E-state index in [1.54, 1.807) is 11.8 Å². The quantitative estimate of drug-likeness (QED) is 0.338. The minimum atomic E-state index is -0.266. The second-order valence-corrected chi connectivity index (χ2v) is 12.4. The molecule has 0 spiro atoms. The molecule has 5 nitrogen and oxygen atoms in total. The number of thioether (sulfide) groups is 2. The fourth-order valence-electron chi connectivity index (χ4n) is 2.51. The van der Waals surface area contributed by atoms with Crippen molar-refractivity contribution >= 4 is 35.2 Å². The number of carbonyl (C=O) groups is 2. The molecule has 0 aliphatic carbocycles. The van der Waals surface area contributed by atoms with Crippen LogP contribution in [0.25, 0.3) is 0 Å². The van der Waals surface area contributed by atoms with E-state index in [0.29, 0.717) is 24.0 Å². The lowest BCUT2D eigenvalue weighted by Gasteiger charge is -2.24. The molecule has 0 radical (unpaired) electrons. The minimum absolute atomic E-state index is 0.145. The predicted molar refractivity (Wildman–Crippen MR) is 136 cm³/mol. The van der Waals surface area contributed by atoms with Gasteiger partial charge in [0.05, 0.1) is 5.75 Å². The number of hydrogen-bond donors (Lipinski definition) is 2. The normalized spacial score (nSPS) is 12.4. The van der Waals surface area contributed by atoms with Gasteiger partial charge >= 0.3 is 0 Å². The first kappa shape index (κ1) is 29.8. The van der Waals surface area contributed by atoms with E-state index in [1.807, 2.05) is 37.4 Å². The molecule has 2 N–H and O–H groups in total. The van der Waals surface area contributed by atoms with E-state index in [1.165, 1.54) is 0 Å². The van der Waals surface area contributed by atoms with Gasteiger partial charge < -0.3 is 15.5 Å². The predicted octanol–water partition coefficient (Wildman–Crippen LogP) is 4.06. The van der Waals surface area contributed by atoms with Gasteiger partial charge in [-0.25, -0.2) is 0 Å². The van der Waals surface area contributed by atoms with Gasteiger partial charge in [0.25, 0.3) is 0 Å². The second-order valence-electron chi connectivity index (χ2n) is 10.1. The van der Waals surface area contributed by atoms with E-state index in [4.69, 9.17) is 0 Å². The number of Topliss-reactive ketones (excluding diaryl/α,β-unsaturated/α-hetero) is 1. The largest absolute Gasteiger partial charge is 0.341 e. The molecule has 30 heavy (non-hydrogen) atoms. The van der Waals surface area contributed by atoms with Gasteiger partial charge in [0.1, 0.15) is 5.78 Å². The van der Waals surface area contributed by atoms with Crippen molar-refractivity contribution in [1.29, 1.82) is 0 Å². The van der Waals surface area contributed by atoms with Crippen LogP contribution >= 0.6 is 23.5 Å². The van der Waals surface area contributed by atoms with Gasteiger partial charge in [0, 0.05) is 61.1 Å². The monoisotopic (exact) mass is 461 g/mol. The van der Waals surface area contributed by atoms with Gasteiger partial charge in [-0.05, 0) is 32.9 Å². The topological polar surface area (TPSA) is 61.4 Å². The summed E-state index contributed by atoms with van der Waals surface area (Å²) in [4.78, 5) is 26.7. The molecular formula is C23H47N3O2S2. The highest BCUT2D eigenvalue weighted by Gasteiger charge is 2.20. The molecule has 178 valence electrons. The van der Waals surface area contributed by atoms with E-state index >= 15 is 0 Å². The summed E-state index contributed by atoms with van der Waals surface area (Å²) in [6.07, 6.45) is 1.52. The highest BCUT2D eigenvalue weighted by Crippen LogP contribution is 2.18. The van der Waals surface area contributed by atoms with Crippen molar-refractivity contribution in [3.8, 4) is 0 Å². The number of nitrogens with zero attached hydrogens (tertiary/aromatic N) is 1. The first-order valence-corrected chi connectivity index (χ1v) is 13.6. The first-order valence-electron chi connectivity index (χ1n) is 11.3. The summed E-state index contributed by atoms with van der Waals surface area (Å²) in [5.41, 5.74) is -0.121. The van der Waals surface area contributed by atoms with Gasteiger partial charge in [0.15, 0.2) is 0 Å². The van der Waals surface area contributed by atoms with E-state index < -0.39 is 0 Å². The number of carbonyl (C=O) groups excluding carboxylic acids is 2. The van der Waals surface area contributed by atoms with Crippen molar-refractivity contribution in [1.82, 2.24) is 15.5 Å². The Morgan fingerprint density at radius 2 is 1.57 bits per heavy atom. The summed E-state index contributed by atoms with van der Waals surface area (Å²) in [5.74, 6) is 3.90. The van der Waals surface area contributed by atoms with Crippen molar-refractivity contribution in [3.05, 3.63) is 0 Å². The molecule has 0 unspecified atom stereocenters. The highest BCUT2D eigenvalue weighted by atomic mass is 32.2. The summed E-state index contributed by atoms with van der Waals surface area (Å²) in [5, 5.41) is 6.88. The van der Waals surface area contributed by atoms with Crippen LogP contribution in [0, 0.1) is 5.41 Å². The van der Waals surface area contributed by atoms with Gasteiger partial charge in [-0.15, -0.1) is 0 Å². The lowest BCUT2D eigenvalue weighted by molar-refractivity contribution is -0.130. The van der Waals surface area contributed by atoms with E-state index in [0.717, 1.165) is 49.9 Å². The summed E-state index contributed by atoms with van der Waals surface area (Å²) < 4.78 is 0. The molecule has 0 atom stereocenters. The molecule has 0 rings (SSSR count). The van der Waals surface area contributed by atoms with Crippen molar-refractivity contribution in [2.45, 2.75) is 79.8 Å². The zero-order valence-electron chi connectivity index (χ0n) is 20.7. The third-order valence-electron chi connectivity index (χ3n) is 4.44. The van der Waals surface area contributed by atoms with Gasteiger partial charge in [0.2, 0.25) is 5.91 Å². The Kier molecular flexibility index (Phi) is 15.4.